The molecule has 100 valence electrons. The van der Waals surface area contributed by atoms with Gasteiger partial charge < -0.3 is 4.74 Å². The molecule has 2 nitrogen and oxygen atoms in total. The summed E-state index contributed by atoms with van der Waals surface area (Å²) in [5.74, 6) is 0.749. The maximum atomic E-state index is 12.3. The maximum Gasteiger partial charge on any atom is 0.200 e. The Morgan fingerprint density at radius 2 is 2.00 bits per heavy atom. The molecule has 20 heavy (non-hydrogen) atoms. The van der Waals surface area contributed by atoms with Gasteiger partial charge in [-0.05, 0) is 36.4 Å². The number of ketones is 1. The number of benzene rings is 2. The lowest BCUT2D eigenvalue weighted by atomic mass is 10.1. The highest BCUT2D eigenvalue weighted by molar-refractivity contribution is 8.04. The van der Waals surface area contributed by atoms with Gasteiger partial charge in [0.15, 0.2) is 0 Å². The Kier molecular flexibility index (Phi) is 3.55. The van der Waals surface area contributed by atoms with Crippen LogP contribution in [0.15, 0.2) is 52.3 Å². The molecule has 0 amide bonds. The van der Waals surface area contributed by atoms with Crippen molar-refractivity contribution in [1.29, 1.82) is 0 Å². The number of hydrogen-bond acceptors (Lipinski definition) is 3. The number of hydrogen-bond donors (Lipinski definition) is 0. The van der Waals surface area contributed by atoms with Crippen LogP contribution in [0, 0.1) is 0 Å². The normalized spacial score (nSPS) is 15.5. The summed E-state index contributed by atoms with van der Waals surface area (Å²) in [5, 5.41) is 0.616. The van der Waals surface area contributed by atoms with Crippen LogP contribution in [0.5, 0.6) is 5.75 Å². The average molecular weight is 303 g/mol. The van der Waals surface area contributed by atoms with Gasteiger partial charge in [-0.2, -0.15) is 0 Å². The van der Waals surface area contributed by atoms with Crippen molar-refractivity contribution in [2.24, 2.45) is 0 Å². The maximum absolute atomic E-state index is 12.3. The second-order valence-corrected chi connectivity index (χ2v) is 5.84. The Morgan fingerprint density at radius 1 is 1.20 bits per heavy atom. The highest BCUT2D eigenvalue weighted by Crippen LogP contribution is 2.41. The number of carbonyl (C=O) groups is 1. The average Bonchev–Trinajstić information content (AvgIpc) is 2.76. The molecule has 2 aromatic carbocycles. The van der Waals surface area contributed by atoms with Gasteiger partial charge in [0.2, 0.25) is 5.78 Å². The fourth-order valence-corrected chi connectivity index (χ4v) is 3.32. The predicted octanol–water partition coefficient (Wildman–Crippen LogP) is 4.68. The number of fused-ring (bicyclic) bond motifs is 1. The van der Waals surface area contributed by atoms with Crippen LogP contribution in [0.4, 0.5) is 0 Å². The van der Waals surface area contributed by atoms with Crippen LogP contribution in [0.25, 0.3) is 6.08 Å². The van der Waals surface area contributed by atoms with E-state index < -0.39 is 0 Å². The summed E-state index contributed by atoms with van der Waals surface area (Å²) in [6.07, 6.45) is 1.83. The third kappa shape index (κ3) is 2.35. The number of halogens is 1. The number of thioether (sulfide) groups is 1. The van der Waals surface area contributed by atoms with Crippen molar-refractivity contribution in [1.82, 2.24) is 0 Å². The van der Waals surface area contributed by atoms with Gasteiger partial charge in [0.25, 0.3) is 0 Å². The molecule has 2 aromatic rings. The number of ether oxygens (including phenoxy) is 1. The minimum atomic E-state index is 0.0487. The first-order valence-corrected chi connectivity index (χ1v) is 7.25. The number of methoxy groups -OCH3 is 1. The van der Waals surface area contributed by atoms with E-state index in [4.69, 9.17) is 16.3 Å². The van der Waals surface area contributed by atoms with Crippen LogP contribution in [0.3, 0.4) is 0 Å². The van der Waals surface area contributed by atoms with Crippen molar-refractivity contribution in [3.63, 3.8) is 0 Å². The standard InChI is InChI=1S/C16H11ClO2S/c1-19-13-7-6-11(17)8-10(13)9-15-16(18)12-4-2-3-5-14(12)20-15/h2-9H,1H3/b15-9+. The summed E-state index contributed by atoms with van der Waals surface area (Å²) in [4.78, 5) is 14.0. The Morgan fingerprint density at radius 3 is 2.75 bits per heavy atom. The van der Waals surface area contributed by atoms with Crippen LogP contribution in [0.1, 0.15) is 15.9 Å². The lowest BCUT2D eigenvalue weighted by Gasteiger charge is -2.05. The number of rotatable bonds is 2. The third-order valence-electron chi connectivity index (χ3n) is 3.05. The number of carbonyl (C=O) groups excluding carboxylic acids is 1. The number of allylic oxidation sites excluding steroid dienone is 1. The van der Waals surface area contributed by atoms with Crippen molar-refractivity contribution in [3.05, 3.63) is 63.5 Å². The lowest BCUT2D eigenvalue weighted by molar-refractivity contribution is 0.104. The lowest BCUT2D eigenvalue weighted by Crippen LogP contribution is -1.94. The molecule has 4 heteroatoms. The van der Waals surface area contributed by atoms with E-state index in [1.165, 1.54) is 11.8 Å². The second kappa shape index (κ2) is 5.35. The summed E-state index contributed by atoms with van der Waals surface area (Å²) >= 11 is 7.49. The number of Topliss-reactive ketones (excluding diaryl/α,β-unsaturated/α-hetero) is 1. The molecule has 0 aliphatic carbocycles. The molecule has 0 saturated heterocycles. The molecule has 1 aliphatic rings. The molecule has 0 radical (unpaired) electrons. The zero-order chi connectivity index (χ0) is 14.1. The summed E-state index contributed by atoms with van der Waals surface area (Å²) in [5.41, 5.74) is 1.56. The van der Waals surface area contributed by atoms with E-state index in [1.54, 1.807) is 25.3 Å². The van der Waals surface area contributed by atoms with E-state index in [1.807, 2.05) is 30.3 Å². The largest absolute Gasteiger partial charge is 0.496 e. The fraction of sp³-hybridized carbons (Fsp3) is 0.0625. The Labute approximate surface area is 126 Å². The Hall–Kier alpha value is -1.71. The first-order chi connectivity index (χ1) is 9.69. The van der Waals surface area contributed by atoms with E-state index >= 15 is 0 Å². The van der Waals surface area contributed by atoms with E-state index in [-0.39, 0.29) is 5.78 Å². The minimum absolute atomic E-state index is 0.0487. The second-order valence-electron chi connectivity index (χ2n) is 4.32. The van der Waals surface area contributed by atoms with E-state index in [2.05, 4.69) is 0 Å². The highest BCUT2D eigenvalue weighted by atomic mass is 35.5. The molecule has 0 spiro atoms. The molecule has 0 bridgehead atoms. The smallest absolute Gasteiger partial charge is 0.200 e. The van der Waals surface area contributed by atoms with Gasteiger partial charge in [0.1, 0.15) is 5.75 Å². The summed E-state index contributed by atoms with van der Waals surface area (Å²) in [7, 11) is 1.60. The Balaban J connectivity index is 2.03. The van der Waals surface area contributed by atoms with Crippen molar-refractivity contribution in [3.8, 4) is 5.75 Å². The van der Waals surface area contributed by atoms with Gasteiger partial charge in [-0.25, -0.2) is 0 Å². The van der Waals surface area contributed by atoms with Crippen LogP contribution >= 0.6 is 23.4 Å². The molecule has 0 aromatic heterocycles. The first-order valence-electron chi connectivity index (χ1n) is 6.06. The molecule has 0 saturated carbocycles. The van der Waals surface area contributed by atoms with Gasteiger partial charge in [-0.3, -0.25) is 4.79 Å². The van der Waals surface area contributed by atoms with Gasteiger partial charge in [-0.1, -0.05) is 35.5 Å². The molecule has 0 fully saturated rings. The summed E-state index contributed by atoms with van der Waals surface area (Å²) < 4.78 is 5.30. The highest BCUT2D eigenvalue weighted by Gasteiger charge is 2.25. The predicted molar refractivity (Wildman–Crippen MR) is 82.6 cm³/mol. The van der Waals surface area contributed by atoms with Crippen LogP contribution in [-0.2, 0) is 0 Å². The molecule has 3 rings (SSSR count). The zero-order valence-electron chi connectivity index (χ0n) is 10.7. The van der Waals surface area contributed by atoms with Crippen LogP contribution in [0.2, 0.25) is 5.02 Å². The monoisotopic (exact) mass is 302 g/mol. The summed E-state index contributed by atoms with van der Waals surface area (Å²) in [6, 6.07) is 13.0. The molecule has 1 aliphatic heterocycles. The summed E-state index contributed by atoms with van der Waals surface area (Å²) in [6.45, 7) is 0. The van der Waals surface area contributed by atoms with Gasteiger partial charge in [0, 0.05) is 21.0 Å². The van der Waals surface area contributed by atoms with E-state index in [0.717, 1.165) is 16.0 Å². The van der Waals surface area contributed by atoms with Gasteiger partial charge >= 0.3 is 0 Å². The van der Waals surface area contributed by atoms with Crippen molar-refractivity contribution in [2.75, 3.05) is 7.11 Å². The van der Waals surface area contributed by atoms with Gasteiger partial charge in [0.05, 0.1) is 12.0 Å². The van der Waals surface area contributed by atoms with Crippen molar-refractivity contribution in [2.45, 2.75) is 4.90 Å². The van der Waals surface area contributed by atoms with E-state index in [9.17, 15) is 4.79 Å². The third-order valence-corrected chi connectivity index (χ3v) is 4.39. The molecular weight excluding hydrogens is 292 g/mol. The topological polar surface area (TPSA) is 26.3 Å². The molecule has 0 atom stereocenters. The molecule has 0 N–H and O–H groups in total. The van der Waals surface area contributed by atoms with Crippen molar-refractivity contribution >= 4 is 35.2 Å². The first kappa shape index (κ1) is 13.3. The molecular formula is C16H11ClO2S. The molecule has 0 unspecified atom stereocenters. The zero-order valence-corrected chi connectivity index (χ0v) is 12.3. The quantitative estimate of drug-likeness (QED) is 0.754. The van der Waals surface area contributed by atoms with Crippen LogP contribution in [-0.4, -0.2) is 12.9 Å². The Bertz CT molecular complexity index is 722. The SMILES string of the molecule is COc1ccc(Cl)cc1/C=C1/Sc2ccccc2C1=O. The van der Waals surface area contributed by atoms with Crippen LogP contribution < -0.4 is 4.74 Å². The van der Waals surface area contributed by atoms with Crippen molar-refractivity contribution < 1.29 is 9.53 Å². The minimum Gasteiger partial charge on any atom is -0.496 e. The molecule has 1 heterocycles. The fourth-order valence-electron chi connectivity index (χ4n) is 2.10. The van der Waals surface area contributed by atoms with Gasteiger partial charge in [-0.15, -0.1) is 0 Å². The van der Waals surface area contributed by atoms with E-state index in [0.29, 0.717) is 15.7 Å².